The third kappa shape index (κ3) is 6.39. The van der Waals surface area contributed by atoms with E-state index in [0.717, 1.165) is 6.42 Å². The van der Waals surface area contributed by atoms with Crippen molar-refractivity contribution in [3.05, 3.63) is 0 Å². The molecule has 0 aromatic carbocycles. The molecular formula is C12H27NO. The van der Waals surface area contributed by atoms with Crippen LogP contribution in [0.15, 0.2) is 0 Å². The standard InChI is InChI=1S/C12H27NO/c1-11(2,3)9-10(12(4,5)6)14-8-7-13/h10H,7-9,13H2,1-6H3. The van der Waals surface area contributed by atoms with Gasteiger partial charge in [0, 0.05) is 6.54 Å². The maximum Gasteiger partial charge on any atom is 0.0629 e. The summed E-state index contributed by atoms with van der Waals surface area (Å²) in [5, 5.41) is 0. The number of hydrogen-bond acceptors (Lipinski definition) is 2. The minimum atomic E-state index is 0.197. The second-order valence-electron chi connectivity index (χ2n) is 6.28. The third-order valence-corrected chi connectivity index (χ3v) is 2.20. The van der Waals surface area contributed by atoms with Crippen LogP contribution in [0.4, 0.5) is 0 Å². The molecule has 0 rings (SSSR count). The van der Waals surface area contributed by atoms with Gasteiger partial charge in [-0.2, -0.15) is 0 Å². The second-order valence-corrected chi connectivity index (χ2v) is 6.28. The molecule has 0 heterocycles. The van der Waals surface area contributed by atoms with Crippen molar-refractivity contribution in [2.45, 2.75) is 54.1 Å². The molecule has 0 radical (unpaired) electrons. The van der Waals surface area contributed by atoms with Crippen molar-refractivity contribution < 1.29 is 4.74 Å². The van der Waals surface area contributed by atoms with Crippen LogP contribution in [0.25, 0.3) is 0 Å². The van der Waals surface area contributed by atoms with Crippen molar-refractivity contribution in [2.24, 2.45) is 16.6 Å². The third-order valence-electron chi connectivity index (χ3n) is 2.20. The molecule has 0 aliphatic heterocycles. The lowest BCUT2D eigenvalue weighted by Gasteiger charge is -2.35. The Morgan fingerprint density at radius 3 is 1.86 bits per heavy atom. The number of nitrogens with two attached hydrogens (primary N) is 1. The lowest BCUT2D eigenvalue weighted by atomic mass is 9.78. The average molecular weight is 201 g/mol. The maximum absolute atomic E-state index is 5.81. The lowest BCUT2D eigenvalue weighted by Crippen LogP contribution is -2.34. The largest absolute Gasteiger partial charge is 0.376 e. The van der Waals surface area contributed by atoms with E-state index in [1.165, 1.54) is 0 Å². The molecule has 14 heavy (non-hydrogen) atoms. The molecule has 86 valence electrons. The molecular weight excluding hydrogens is 174 g/mol. The summed E-state index contributed by atoms with van der Waals surface area (Å²) < 4.78 is 5.81. The molecule has 2 heteroatoms. The van der Waals surface area contributed by atoms with Gasteiger partial charge in [0.25, 0.3) is 0 Å². The Labute approximate surface area is 89.2 Å². The first-order chi connectivity index (χ1) is 6.17. The highest BCUT2D eigenvalue weighted by molar-refractivity contribution is 4.79. The van der Waals surface area contributed by atoms with Crippen LogP contribution in [0.2, 0.25) is 0 Å². The first-order valence-electron chi connectivity index (χ1n) is 5.48. The van der Waals surface area contributed by atoms with E-state index in [9.17, 15) is 0 Å². The van der Waals surface area contributed by atoms with Crippen LogP contribution in [0.5, 0.6) is 0 Å². The summed E-state index contributed by atoms with van der Waals surface area (Å²) in [4.78, 5) is 0. The molecule has 0 aromatic heterocycles. The Bertz CT molecular complexity index is 153. The van der Waals surface area contributed by atoms with E-state index in [-0.39, 0.29) is 5.41 Å². The molecule has 2 N–H and O–H groups in total. The lowest BCUT2D eigenvalue weighted by molar-refractivity contribution is -0.0369. The van der Waals surface area contributed by atoms with Crippen LogP contribution < -0.4 is 5.73 Å². The Hall–Kier alpha value is -0.0800. The topological polar surface area (TPSA) is 35.2 Å². The molecule has 1 atom stereocenters. The molecule has 2 nitrogen and oxygen atoms in total. The van der Waals surface area contributed by atoms with Gasteiger partial charge in [-0.3, -0.25) is 0 Å². The van der Waals surface area contributed by atoms with Crippen molar-refractivity contribution >= 4 is 0 Å². The number of rotatable bonds is 4. The zero-order chi connectivity index (χ0) is 11.4. The van der Waals surface area contributed by atoms with Crippen molar-refractivity contribution in [3.8, 4) is 0 Å². The van der Waals surface area contributed by atoms with Crippen molar-refractivity contribution in [1.29, 1.82) is 0 Å². The van der Waals surface area contributed by atoms with Crippen LogP contribution in [-0.4, -0.2) is 19.3 Å². The summed E-state index contributed by atoms with van der Waals surface area (Å²) in [6.45, 7) is 14.7. The van der Waals surface area contributed by atoms with E-state index < -0.39 is 0 Å². The van der Waals surface area contributed by atoms with Crippen LogP contribution in [-0.2, 0) is 4.74 Å². The zero-order valence-electron chi connectivity index (χ0n) is 10.7. The van der Waals surface area contributed by atoms with E-state index in [4.69, 9.17) is 10.5 Å². The fraction of sp³-hybridized carbons (Fsp3) is 1.00. The summed E-state index contributed by atoms with van der Waals surface area (Å²) in [5.74, 6) is 0. The highest BCUT2D eigenvalue weighted by Gasteiger charge is 2.29. The van der Waals surface area contributed by atoms with Crippen LogP contribution in [0.3, 0.4) is 0 Å². The van der Waals surface area contributed by atoms with Gasteiger partial charge in [-0.1, -0.05) is 41.5 Å². The Balaban J connectivity index is 4.26. The zero-order valence-corrected chi connectivity index (χ0v) is 10.7. The summed E-state index contributed by atoms with van der Waals surface area (Å²) in [6, 6.07) is 0. The quantitative estimate of drug-likeness (QED) is 0.759. The monoisotopic (exact) mass is 201 g/mol. The van der Waals surface area contributed by atoms with Gasteiger partial charge >= 0.3 is 0 Å². The fourth-order valence-corrected chi connectivity index (χ4v) is 1.38. The van der Waals surface area contributed by atoms with Crippen molar-refractivity contribution in [3.63, 3.8) is 0 Å². The van der Waals surface area contributed by atoms with Gasteiger partial charge in [0.1, 0.15) is 0 Å². The van der Waals surface area contributed by atoms with Gasteiger partial charge in [0.15, 0.2) is 0 Å². The molecule has 1 unspecified atom stereocenters. The number of ether oxygens (including phenoxy) is 1. The molecule has 0 amide bonds. The fourth-order valence-electron chi connectivity index (χ4n) is 1.38. The predicted octanol–water partition coefficient (Wildman–Crippen LogP) is 2.81. The SMILES string of the molecule is CC(C)(C)CC(OCCN)C(C)(C)C. The number of hydrogen-bond donors (Lipinski definition) is 1. The molecule has 0 aromatic rings. The van der Waals surface area contributed by atoms with Gasteiger partial charge in [0.05, 0.1) is 12.7 Å². The highest BCUT2D eigenvalue weighted by atomic mass is 16.5. The first-order valence-corrected chi connectivity index (χ1v) is 5.48. The van der Waals surface area contributed by atoms with Crippen LogP contribution >= 0.6 is 0 Å². The van der Waals surface area contributed by atoms with Crippen molar-refractivity contribution in [2.75, 3.05) is 13.2 Å². The first kappa shape index (κ1) is 13.9. The Kier molecular flexibility index (Phi) is 5.10. The molecule has 0 aliphatic carbocycles. The summed E-state index contributed by atoms with van der Waals surface area (Å²) in [7, 11) is 0. The molecule has 0 spiro atoms. The predicted molar refractivity (Wildman–Crippen MR) is 62.3 cm³/mol. The molecule has 0 saturated carbocycles. The Morgan fingerprint density at radius 1 is 1.07 bits per heavy atom. The molecule has 0 saturated heterocycles. The minimum absolute atomic E-state index is 0.197. The highest BCUT2D eigenvalue weighted by Crippen LogP contribution is 2.32. The van der Waals surface area contributed by atoms with Gasteiger partial charge in [-0.25, -0.2) is 0 Å². The summed E-state index contributed by atoms with van der Waals surface area (Å²) >= 11 is 0. The van der Waals surface area contributed by atoms with Crippen molar-refractivity contribution in [1.82, 2.24) is 0 Å². The van der Waals surface area contributed by atoms with Gasteiger partial charge in [0.2, 0.25) is 0 Å². The maximum atomic E-state index is 5.81. The van der Waals surface area contributed by atoms with E-state index >= 15 is 0 Å². The van der Waals surface area contributed by atoms with E-state index in [1.807, 2.05) is 0 Å². The summed E-state index contributed by atoms with van der Waals surface area (Å²) in [5.41, 5.74) is 5.97. The Morgan fingerprint density at radius 2 is 1.57 bits per heavy atom. The summed E-state index contributed by atoms with van der Waals surface area (Å²) in [6.07, 6.45) is 1.38. The molecule has 0 aliphatic rings. The van der Waals surface area contributed by atoms with Gasteiger partial charge < -0.3 is 10.5 Å². The van der Waals surface area contributed by atoms with Crippen LogP contribution in [0, 0.1) is 10.8 Å². The van der Waals surface area contributed by atoms with Gasteiger partial charge in [-0.05, 0) is 17.3 Å². The van der Waals surface area contributed by atoms with E-state index in [0.29, 0.717) is 24.7 Å². The molecule has 0 bridgehead atoms. The molecule has 0 fully saturated rings. The normalized spacial score (nSPS) is 15.6. The van der Waals surface area contributed by atoms with E-state index in [1.54, 1.807) is 0 Å². The average Bonchev–Trinajstić information content (AvgIpc) is 1.93. The smallest absolute Gasteiger partial charge is 0.0629 e. The van der Waals surface area contributed by atoms with Crippen LogP contribution in [0.1, 0.15) is 48.0 Å². The minimum Gasteiger partial charge on any atom is -0.376 e. The second kappa shape index (κ2) is 5.13. The van der Waals surface area contributed by atoms with E-state index in [2.05, 4.69) is 41.5 Å². The van der Waals surface area contributed by atoms with Gasteiger partial charge in [-0.15, -0.1) is 0 Å².